The van der Waals surface area contributed by atoms with Crippen molar-refractivity contribution < 1.29 is 14.2 Å². The number of fused-ring (bicyclic) bond motifs is 9. The number of hydrogen-bond acceptors (Lipinski definition) is 3. The van der Waals surface area contributed by atoms with Gasteiger partial charge < -0.3 is 14.2 Å². The van der Waals surface area contributed by atoms with Gasteiger partial charge in [0, 0.05) is 6.07 Å². The van der Waals surface area contributed by atoms with Crippen LogP contribution in [0.25, 0.3) is 33.4 Å². The average Bonchev–Trinajstić information content (AvgIpc) is 3.88. The van der Waals surface area contributed by atoms with Crippen molar-refractivity contribution in [1.82, 2.24) is 0 Å². The first-order chi connectivity index (χ1) is 25.3. The third kappa shape index (κ3) is 5.28. The summed E-state index contributed by atoms with van der Waals surface area (Å²) in [6.45, 7) is 1.38. The fraction of sp³-hybridized carbons (Fsp3) is 0.125. The minimum Gasteiger partial charge on any atom is -0.489 e. The van der Waals surface area contributed by atoms with Gasteiger partial charge in [0.2, 0.25) is 0 Å². The Balaban J connectivity index is 0.929. The van der Waals surface area contributed by atoms with Crippen LogP contribution in [0.2, 0.25) is 0 Å². The van der Waals surface area contributed by atoms with E-state index in [1.165, 1.54) is 83.5 Å². The molecule has 0 heterocycles. The summed E-state index contributed by atoms with van der Waals surface area (Å²) in [7, 11) is 0. The van der Waals surface area contributed by atoms with Gasteiger partial charge in [-0.1, -0.05) is 127 Å². The van der Waals surface area contributed by atoms with Crippen molar-refractivity contribution in [3.05, 3.63) is 196 Å². The Morgan fingerprint density at radius 1 is 0.333 bits per heavy atom. The van der Waals surface area contributed by atoms with Gasteiger partial charge in [-0.05, 0) is 115 Å². The summed E-state index contributed by atoms with van der Waals surface area (Å²) in [4.78, 5) is 0. The second-order valence-electron chi connectivity index (χ2n) is 13.8. The van der Waals surface area contributed by atoms with Crippen LogP contribution in [0.4, 0.5) is 0 Å². The Bertz CT molecular complexity index is 2470. The third-order valence-corrected chi connectivity index (χ3v) is 10.9. The molecule has 10 rings (SSSR count). The zero-order valence-corrected chi connectivity index (χ0v) is 28.3. The van der Waals surface area contributed by atoms with Crippen molar-refractivity contribution in [2.24, 2.45) is 0 Å². The molecule has 0 amide bonds. The predicted molar refractivity (Wildman–Crippen MR) is 203 cm³/mol. The van der Waals surface area contributed by atoms with Crippen LogP contribution in [-0.4, -0.2) is 0 Å². The fourth-order valence-corrected chi connectivity index (χ4v) is 8.36. The van der Waals surface area contributed by atoms with Gasteiger partial charge in [-0.2, -0.15) is 0 Å². The van der Waals surface area contributed by atoms with E-state index < -0.39 is 0 Å². The first kappa shape index (κ1) is 29.8. The first-order valence-corrected chi connectivity index (χ1v) is 17.9. The average molecular weight is 661 g/mol. The molecule has 7 aromatic carbocycles. The van der Waals surface area contributed by atoms with E-state index in [0.717, 1.165) is 25.0 Å². The second-order valence-corrected chi connectivity index (χ2v) is 13.8. The van der Waals surface area contributed by atoms with Crippen LogP contribution in [0.1, 0.15) is 50.1 Å². The molecular weight excluding hydrogens is 625 g/mol. The SMILES string of the molecule is c1ccc2c(c1)Cc1c(COc3ccc(OCc4cccc5c4Cc4ccccc4-5)c(OCc4cccc5c4Cc4ccccc4-5)c3)cccc1-2. The molecule has 7 aromatic rings. The summed E-state index contributed by atoms with van der Waals surface area (Å²) in [5.74, 6) is 2.15. The normalized spacial score (nSPS) is 12.7. The third-order valence-electron chi connectivity index (χ3n) is 10.9. The molecule has 246 valence electrons. The maximum Gasteiger partial charge on any atom is 0.165 e. The van der Waals surface area contributed by atoms with E-state index in [-0.39, 0.29) is 0 Å². The lowest BCUT2D eigenvalue weighted by Crippen LogP contribution is -2.05. The van der Waals surface area contributed by atoms with Crippen LogP contribution in [0.3, 0.4) is 0 Å². The molecule has 51 heavy (non-hydrogen) atoms. The number of benzene rings is 7. The van der Waals surface area contributed by atoms with Crippen molar-refractivity contribution in [3.8, 4) is 50.6 Å². The summed E-state index contributed by atoms with van der Waals surface area (Å²) in [6.07, 6.45) is 2.78. The lowest BCUT2D eigenvalue weighted by Gasteiger charge is -2.17. The van der Waals surface area contributed by atoms with Gasteiger partial charge in [-0.15, -0.1) is 0 Å². The summed E-state index contributed by atoms with van der Waals surface area (Å²) in [5, 5.41) is 0. The lowest BCUT2D eigenvalue weighted by molar-refractivity contribution is 0.250. The summed E-state index contributed by atoms with van der Waals surface area (Å²) < 4.78 is 19.8. The molecule has 0 atom stereocenters. The van der Waals surface area contributed by atoms with Crippen molar-refractivity contribution in [2.45, 2.75) is 39.1 Å². The quantitative estimate of drug-likeness (QED) is 0.154. The molecule has 3 nitrogen and oxygen atoms in total. The first-order valence-electron chi connectivity index (χ1n) is 17.9. The number of ether oxygens (including phenoxy) is 3. The lowest BCUT2D eigenvalue weighted by atomic mass is 10.0. The van der Waals surface area contributed by atoms with Gasteiger partial charge in [0.25, 0.3) is 0 Å². The highest BCUT2D eigenvalue weighted by Crippen LogP contribution is 2.42. The smallest absolute Gasteiger partial charge is 0.165 e. The zero-order chi connectivity index (χ0) is 33.7. The molecular formula is C48H36O3. The molecule has 3 heteroatoms. The maximum atomic E-state index is 6.68. The largest absolute Gasteiger partial charge is 0.489 e. The van der Waals surface area contributed by atoms with Gasteiger partial charge in [-0.3, -0.25) is 0 Å². The van der Waals surface area contributed by atoms with Crippen molar-refractivity contribution in [3.63, 3.8) is 0 Å². The maximum absolute atomic E-state index is 6.68. The molecule has 0 bridgehead atoms. The molecule has 3 aliphatic carbocycles. The second kappa shape index (κ2) is 12.4. The van der Waals surface area contributed by atoms with Gasteiger partial charge in [0.1, 0.15) is 25.6 Å². The van der Waals surface area contributed by atoms with Crippen LogP contribution in [-0.2, 0) is 39.1 Å². The van der Waals surface area contributed by atoms with Crippen molar-refractivity contribution >= 4 is 0 Å². The van der Waals surface area contributed by atoms with E-state index >= 15 is 0 Å². The van der Waals surface area contributed by atoms with Crippen LogP contribution < -0.4 is 14.2 Å². The highest BCUT2D eigenvalue weighted by molar-refractivity contribution is 5.79. The Hall–Kier alpha value is -6.06. The van der Waals surface area contributed by atoms with E-state index in [1.54, 1.807) is 0 Å². The Kier molecular flexibility index (Phi) is 7.23. The highest BCUT2D eigenvalue weighted by atomic mass is 16.5. The Labute approximate surface area is 298 Å². The van der Waals surface area contributed by atoms with Crippen LogP contribution in [0.15, 0.2) is 146 Å². The van der Waals surface area contributed by atoms with Crippen molar-refractivity contribution in [1.29, 1.82) is 0 Å². The molecule has 0 N–H and O–H groups in total. The molecule has 3 aliphatic rings. The molecule has 0 aliphatic heterocycles. The van der Waals surface area contributed by atoms with Crippen LogP contribution in [0.5, 0.6) is 17.2 Å². The standard InChI is InChI=1S/C48H36O3/c1-4-16-38-31(10-1)24-44-34(13-7-19-41(38)44)28-49-37-22-23-47(50-29-35-14-8-20-42-39-17-5-2-11-32(39)25-45(35)42)48(27-37)51-30-36-15-9-21-43-40-18-6-3-12-33(40)26-46(36)43/h1-23,27H,24-26,28-30H2. The number of rotatable bonds is 9. The van der Waals surface area contributed by atoms with Gasteiger partial charge in [0.05, 0.1) is 0 Å². The molecule has 0 aromatic heterocycles. The van der Waals surface area contributed by atoms with Crippen molar-refractivity contribution in [2.75, 3.05) is 0 Å². The van der Waals surface area contributed by atoms with E-state index in [1.807, 2.05) is 18.2 Å². The molecule has 0 saturated heterocycles. The molecule has 0 spiro atoms. The monoisotopic (exact) mass is 660 g/mol. The summed E-state index contributed by atoms with van der Waals surface area (Å²) >= 11 is 0. The molecule has 0 fully saturated rings. The zero-order valence-electron chi connectivity index (χ0n) is 28.3. The predicted octanol–water partition coefficient (Wildman–Crippen LogP) is 11.1. The van der Waals surface area contributed by atoms with Gasteiger partial charge in [-0.25, -0.2) is 0 Å². The minimum absolute atomic E-state index is 0.442. The molecule has 0 unspecified atom stereocenters. The summed E-state index contributed by atoms with van der Waals surface area (Å²) in [6, 6.07) is 51.7. The van der Waals surface area contributed by atoms with Gasteiger partial charge in [0.15, 0.2) is 11.5 Å². The van der Waals surface area contributed by atoms with Crippen LogP contribution >= 0.6 is 0 Å². The topological polar surface area (TPSA) is 27.7 Å². The molecule has 0 radical (unpaired) electrons. The Morgan fingerprint density at radius 2 is 0.725 bits per heavy atom. The Morgan fingerprint density at radius 3 is 1.20 bits per heavy atom. The minimum atomic E-state index is 0.442. The summed E-state index contributed by atoms with van der Waals surface area (Å²) in [5.41, 5.74) is 19.7. The number of hydrogen-bond donors (Lipinski definition) is 0. The van der Waals surface area contributed by atoms with E-state index in [0.29, 0.717) is 31.3 Å². The van der Waals surface area contributed by atoms with Crippen LogP contribution in [0, 0.1) is 0 Å². The fourth-order valence-electron chi connectivity index (χ4n) is 8.36. The highest BCUT2D eigenvalue weighted by Gasteiger charge is 2.24. The van der Waals surface area contributed by atoms with E-state index in [2.05, 4.69) is 127 Å². The van der Waals surface area contributed by atoms with Gasteiger partial charge >= 0.3 is 0 Å². The van der Waals surface area contributed by atoms with E-state index in [9.17, 15) is 0 Å². The molecule has 0 saturated carbocycles. The van der Waals surface area contributed by atoms with E-state index in [4.69, 9.17) is 14.2 Å².